The fourth-order valence-electron chi connectivity index (χ4n) is 3.33. The lowest BCUT2D eigenvalue weighted by Crippen LogP contribution is -2.52. The van der Waals surface area contributed by atoms with Crippen LogP contribution in [0, 0.1) is 11.8 Å². The van der Waals surface area contributed by atoms with Crippen molar-refractivity contribution in [2.75, 3.05) is 32.2 Å². The smallest absolute Gasteiger partial charge is 0.396 e. The van der Waals surface area contributed by atoms with Crippen molar-refractivity contribution >= 4 is 21.4 Å². The van der Waals surface area contributed by atoms with Gasteiger partial charge in [-0.2, -0.15) is 12.6 Å². The monoisotopic (exact) mass is 423 g/mol. The van der Waals surface area contributed by atoms with E-state index in [1.165, 1.54) is 0 Å². The maximum Gasteiger partial charge on any atom is 0.501 e. The summed E-state index contributed by atoms with van der Waals surface area (Å²) in [5, 5.41) is 9.01. The Labute approximate surface area is 174 Å². The van der Waals surface area contributed by atoms with Gasteiger partial charge >= 0.3 is 8.80 Å². The lowest BCUT2D eigenvalue weighted by molar-refractivity contribution is -0.0131. The van der Waals surface area contributed by atoms with Gasteiger partial charge in [-0.05, 0) is 53.7 Å². The second-order valence-corrected chi connectivity index (χ2v) is 11.7. The largest absolute Gasteiger partial charge is 0.501 e. The predicted octanol–water partition coefficient (Wildman–Crippen LogP) is 4.09. The van der Waals surface area contributed by atoms with Crippen LogP contribution < -0.4 is 0 Å². The molecule has 0 radical (unpaired) electrons. The number of aliphatic hydroxyl groups is 1. The molecule has 1 aliphatic heterocycles. The van der Waals surface area contributed by atoms with E-state index in [1.54, 1.807) is 0 Å². The summed E-state index contributed by atoms with van der Waals surface area (Å²) in [5.41, 5.74) is 0. The van der Waals surface area contributed by atoms with Crippen LogP contribution in [0.1, 0.15) is 61.8 Å². The second kappa shape index (κ2) is 14.4. The molecule has 0 aliphatic carbocycles. The molecule has 1 unspecified atom stereocenters. The zero-order chi connectivity index (χ0) is 21.0. The van der Waals surface area contributed by atoms with E-state index >= 15 is 0 Å². The normalized spacial score (nSPS) is 24.4. The van der Waals surface area contributed by atoms with Crippen LogP contribution in [0.2, 0.25) is 6.04 Å². The Kier molecular flexibility index (Phi) is 14.6. The molecule has 1 saturated heterocycles. The van der Waals surface area contributed by atoms with Crippen LogP contribution in [0.5, 0.6) is 0 Å². The van der Waals surface area contributed by atoms with E-state index < -0.39 is 8.80 Å². The van der Waals surface area contributed by atoms with Crippen molar-refractivity contribution in [1.82, 2.24) is 4.90 Å². The molecule has 1 aliphatic rings. The second-order valence-electron chi connectivity index (χ2n) is 8.56. The topological polar surface area (TPSA) is 51.2 Å². The molecule has 164 valence electrons. The minimum atomic E-state index is -2.48. The van der Waals surface area contributed by atoms with Gasteiger partial charge < -0.3 is 18.4 Å². The summed E-state index contributed by atoms with van der Waals surface area (Å²) in [4.78, 5) is 2.50. The number of rotatable bonds is 10. The average Bonchev–Trinajstić information content (AvgIpc) is 2.59. The Balaban J connectivity index is 0.000000580. The van der Waals surface area contributed by atoms with Gasteiger partial charge in [-0.3, -0.25) is 4.90 Å². The SMILES string of the molecule is CC(C)N(C(C)C)C(C)C.CC(CO)CO[Si]1(CCCS)OCC(C)CO1. The van der Waals surface area contributed by atoms with Gasteiger partial charge in [0.05, 0.1) is 0 Å². The van der Waals surface area contributed by atoms with Crippen molar-refractivity contribution in [3.05, 3.63) is 0 Å². The van der Waals surface area contributed by atoms with Crippen LogP contribution >= 0.6 is 12.6 Å². The van der Waals surface area contributed by atoms with E-state index in [0.717, 1.165) is 18.2 Å². The van der Waals surface area contributed by atoms with Crippen LogP contribution in [0.3, 0.4) is 0 Å². The molecule has 1 heterocycles. The lowest BCUT2D eigenvalue weighted by atomic mass is 10.2. The Morgan fingerprint density at radius 2 is 1.52 bits per heavy atom. The van der Waals surface area contributed by atoms with E-state index in [0.29, 0.717) is 43.9 Å². The van der Waals surface area contributed by atoms with Crippen molar-refractivity contribution < 1.29 is 18.4 Å². The molecule has 1 N–H and O–H groups in total. The molecule has 0 amide bonds. The highest BCUT2D eigenvalue weighted by Gasteiger charge is 2.44. The molecule has 0 saturated carbocycles. The average molecular weight is 424 g/mol. The zero-order valence-electron chi connectivity index (χ0n) is 18.9. The van der Waals surface area contributed by atoms with Crippen molar-refractivity contribution in [3.8, 4) is 0 Å². The molecule has 0 bridgehead atoms. The van der Waals surface area contributed by atoms with Gasteiger partial charge in [0.25, 0.3) is 0 Å². The number of nitrogens with zero attached hydrogens (tertiary/aromatic N) is 1. The Bertz CT molecular complexity index is 339. The van der Waals surface area contributed by atoms with E-state index in [2.05, 4.69) is 66.0 Å². The molecule has 0 aromatic rings. The predicted molar refractivity (Wildman–Crippen MR) is 120 cm³/mol. The van der Waals surface area contributed by atoms with Gasteiger partial charge in [-0.25, -0.2) is 0 Å². The summed E-state index contributed by atoms with van der Waals surface area (Å²) in [5.74, 6) is 1.38. The highest BCUT2D eigenvalue weighted by molar-refractivity contribution is 7.80. The summed E-state index contributed by atoms with van der Waals surface area (Å²) in [6.45, 7) is 19.6. The van der Waals surface area contributed by atoms with Gasteiger partial charge in [0.1, 0.15) is 0 Å². The van der Waals surface area contributed by atoms with Gasteiger partial charge in [0.2, 0.25) is 0 Å². The third-order valence-electron chi connectivity index (χ3n) is 4.50. The summed E-state index contributed by atoms with van der Waals surface area (Å²) < 4.78 is 17.6. The third-order valence-corrected chi connectivity index (χ3v) is 7.61. The van der Waals surface area contributed by atoms with Crippen molar-refractivity contribution in [3.63, 3.8) is 0 Å². The fraction of sp³-hybridized carbons (Fsp3) is 1.00. The fourth-order valence-corrected chi connectivity index (χ4v) is 6.70. The molecular formula is C20H45NO4SSi. The number of aliphatic hydroxyl groups excluding tert-OH is 1. The van der Waals surface area contributed by atoms with Gasteiger partial charge in [-0.1, -0.05) is 13.8 Å². The quantitative estimate of drug-likeness (QED) is 0.409. The number of hydrogen-bond acceptors (Lipinski definition) is 6. The summed E-state index contributed by atoms with van der Waals surface area (Å²) in [7, 11) is -2.48. The van der Waals surface area contributed by atoms with Crippen LogP contribution in [0.15, 0.2) is 0 Å². The Morgan fingerprint density at radius 3 is 1.85 bits per heavy atom. The molecule has 27 heavy (non-hydrogen) atoms. The van der Waals surface area contributed by atoms with E-state index in [9.17, 15) is 0 Å². The first kappa shape index (κ1) is 27.4. The first-order valence-electron chi connectivity index (χ1n) is 10.5. The van der Waals surface area contributed by atoms with E-state index in [1.807, 2.05) is 6.92 Å². The van der Waals surface area contributed by atoms with E-state index in [4.69, 9.17) is 18.4 Å². The molecule has 0 aromatic carbocycles. The van der Waals surface area contributed by atoms with E-state index in [-0.39, 0.29) is 12.5 Å². The molecule has 0 spiro atoms. The Morgan fingerprint density at radius 1 is 1.04 bits per heavy atom. The van der Waals surface area contributed by atoms with Gasteiger partial charge in [-0.15, -0.1) is 0 Å². The maximum atomic E-state index is 9.01. The highest BCUT2D eigenvalue weighted by Crippen LogP contribution is 2.25. The maximum absolute atomic E-state index is 9.01. The molecule has 5 nitrogen and oxygen atoms in total. The minimum Gasteiger partial charge on any atom is -0.396 e. The molecule has 1 fully saturated rings. The van der Waals surface area contributed by atoms with Crippen LogP contribution in [-0.2, 0) is 13.3 Å². The molecule has 7 heteroatoms. The van der Waals surface area contributed by atoms with Gasteiger partial charge in [0.15, 0.2) is 0 Å². The summed E-state index contributed by atoms with van der Waals surface area (Å²) in [6.07, 6.45) is 0.942. The van der Waals surface area contributed by atoms with Crippen LogP contribution in [0.4, 0.5) is 0 Å². The lowest BCUT2D eigenvalue weighted by Gasteiger charge is -2.36. The minimum absolute atomic E-state index is 0.127. The standard InChI is InChI=1S/C11H24O4SSi.C9H21N/c1-10(6-12)7-13-17(5-3-4-16)14-8-11(2)9-15-17;1-7(2)10(8(3)4)9(5)6/h10-12,16H,3-9H2,1-2H3;7-9H,1-6H3. The zero-order valence-corrected chi connectivity index (χ0v) is 20.8. The third kappa shape index (κ3) is 11.2. The highest BCUT2D eigenvalue weighted by atomic mass is 32.1. The molecule has 1 rings (SSSR count). The Hall–Kier alpha value is 0.367. The first-order chi connectivity index (χ1) is 12.6. The van der Waals surface area contributed by atoms with Crippen LogP contribution in [-0.4, -0.2) is 69.1 Å². The molecular weight excluding hydrogens is 378 g/mol. The number of thiol groups is 1. The van der Waals surface area contributed by atoms with Crippen molar-refractivity contribution in [2.45, 2.75) is 86.0 Å². The van der Waals surface area contributed by atoms with Crippen molar-refractivity contribution in [2.24, 2.45) is 11.8 Å². The first-order valence-corrected chi connectivity index (χ1v) is 13.1. The summed E-state index contributed by atoms with van der Waals surface area (Å²) in [6, 6.07) is 2.82. The molecule has 1 atom stereocenters. The molecule has 0 aromatic heterocycles. The number of hydrogen-bond donors (Lipinski definition) is 2. The van der Waals surface area contributed by atoms with Crippen molar-refractivity contribution in [1.29, 1.82) is 0 Å². The van der Waals surface area contributed by atoms with Crippen LogP contribution in [0.25, 0.3) is 0 Å². The van der Waals surface area contributed by atoms with Gasteiger partial charge in [0, 0.05) is 62.4 Å². The summed E-state index contributed by atoms with van der Waals surface area (Å²) >= 11 is 4.22.